The first-order chi connectivity index (χ1) is 15.7. The molecule has 1 rings (SSSR count). The number of rotatable bonds is 16. The summed E-state index contributed by atoms with van der Waals surface area (Å²) >= 11 is 1.56. The first-order valence-corrected chi connectivity index (χ1v) is 12.1. The Morgan fingerprint density at radius 2 is 1.79 bits per heavy atom. The molecule has 0 saturated carbocycles. The summed E-state index contributed by atoms with van der Waals surface area (Å²) < 4.78 is 0. The van der Waals surface area contributed by atoms with E-state index in [9.17, 15) is 24.3 Å². The fourth-order valence-electron chi connectivity index (χ4n) is 2.91. The number of hydrogen-bond acceptors (Lipinski definition) is 8. The van der Waals surface area contributed by atoms with Gasteiger partial charge in [-0.05, 0) is 51.2 Å². The van der Waals surface area contributed by atoms with Crippen LogP contribution >= 0.6 is 11.8 Å². The van der Waals surface area contributed by atoms with Crippen molar-refractivity contribution in [2.45, 2.75) is 63.2 Å². The first-order valence-electron chi connectivity index (χ1n) is 10.7. The number of aromatic nitrogens is 2. The highest BCUT2D eigenvalue weighted by molar-refractivity contribution is 7.98. The maximum Gasteiger partial charge on any atom is 0.326 e. The molecule has 1 heterocycles. The van der Waals surface area contributed by atoms with Crippen LogP contribution in [0.15, 0.2) is 12.5 Å². The second-order valence-electron chi connectivity index (χ2n) is 7.64. The molecule has 9 N–H and O–H groups in total. The van der Waals surface area contributed by atoms with Crippen molar-refractivity contribution < 1.29 is 24.3 Å². The van der Waals surface area contributed by atoms with Gasteiger partial charge in [-0.1, -0.05) is 0 Å². The number of carbonyl (C=O) groups excluding carboxylic acids is 3. The molecule has 4 atom stereocenters. The molecule has 186 valence electrons. The first kappa shape index (κ1) is 28.4. The lowest BCUT2D eigenvalue weighted by Gasteiger charge is -2.23. The zero-order valence-corrected chi connectivity index (χ0v) is 19.8. The van der Waals surface area contributed by atoms with Crippen LogP contribution in [0.25, 0.3) is 0 Å². The molecular formula is C20H35N7O5S. The molecule has 1 aromatic rings. The lowest BCUT2D eigenvalue weighted by atomic mass is 10.1. The Bertz CT molecular complexity index is 762. The molecule has 0 aliphatic carbocycles. The number of nitrogens with two attached hydrogens (primary N) is 2. The Kier molecular flexibility index (Phi) is 13.1. The number of carboxylic acids is 1. The fraction of sp³-hybridized carbons (Fsp3) is 0.650. The topological polar surface area (TPSA) is 205 Å². The van der Waals surface area contributed by atoms with Gasteiger partial charge in [0.05, 0.1) is 12.4 Å². The highest BCUT2D eigenvalue weighted by Crippen LogP contribution is 2.05. The van der Waals surface area contributed by atoms with Crippen LogP contribution in [-0.2, 0) is 25.6 Å². The average Bonchev–Trinajstić information content (AvgIpc) is 3.29. The third-order valence-corrected chi connectivity index (χ3v) is 5.54. The number of hydrogen-bond donors (Lipinski definition) is 7. The van der Waals surface area contributed by atoms with Crippen LogP contribution in [0.5, 0.6) is 0 Å². The molecule has 0 spiro atoms. The van der Waals surface area contributed by atoms with E-state index >= 15 is 0 Å². The van der Waals surface area contributed by atoms with Gasteiger partial charge in [-0.15, -0.1) is 0 Å². The van der Waals surface area contributed by atoms with E-state index in [1.807, 2.05) is 6.26 Å². The Morgan fingerprint density at radius 3 is 2.36 bits per heavy atom. The monoisotopic (exact) mass is 485 g/mol. The number of nitrogens with one attached hydrogen (secondary N) is 4. The molecule has 0 fully saturated rings. The summed E-state index contributed by atoms with van der Waals surface area (Å²) in [6.07, 6.45) is 6.85. The molecule has 0 saturated heterocycles. The van der Waals surface area contributed by atoms with Gasteiger partial charge in [0.25, 0.3) is 0 Å². The summed E-state index contributed by atoms with van der Waals surface area (Å²) in [6.45, 7) is 1.88. The summed E-state index contributed by atoms with van der Waals surface area (Å²) in [5.41, 5.74) is 11.9. The van der Waals surface area contributed by atoms with E-state index in [2.05, 4.69) is 25.9 Å². The Balaban J connectivity index is 2.72. The minimum absolute atomic E-state index is 0.00739. The number of carboxylic acid groups (broad SMARTS) is 1. The van der Waals surface area contributed by atoms with Gasteiger partial charge in [-0.2, -0.15) is 11.8 Å². The van der Waals surface area contributed by atoms with Crippen molar-refractivity contribution in [3.8, 4) is 0 Å². The standard InChI is InChI=1S/C20H35N7O5S/c1-12(17(28)27-16(20(31)32)9-13-10-23-11-24-13)25-19(30)15(5-3-4-7-21)26-18(29)14(22)6-8-33-2/h10-12,14-16H,3-9,21-22H2,1-2H3,(H,23,24)(H,25,30)(H,26,29)(H,27,28)(H,31,32). The quantitative estimate of drug-likeness (QED) is 0.139. The number of aromatic amines is 1. The summed E-state index contributed by atoms with van der Waals surface area (Å²) in [4.78, 5) is 55.8. The fourth-order valence-corrected chi connectivity index (χ4v) is 3.40. The molecular weight excluding hydrogens is 450 g/mol. The zero-order chi connectivity index (χ0) is 24.8. The molecule has 0 aromatic carbocycles. The largest absolute Gasteiger partial charge is 0.480 e. The van der Waals surface area contributed by atoms with Gasteiger partial charge >= 0.3 is 5.97 Å². The number of amides is 3. The molecule has 0 radical (unpaired) electrons. The Hall–Kier alpha value is -2.64. The van der Waals surface area contributed by atoms with E-state index in [1.54, 1.807) is 11.8 Å². The summed E-state index contributed by atoms with van der Waals surface area (Å²) in [7, 11) is 0. The lowest BCUT2D eigenvalue weighted by Crippen LogP contribution is -2.56. The van der Waals surface area contributed by atoms with Crippen LogP contribution in [0.1, 0.15) is 38.3 Å². The second kappa shape index (κ2) is 15.2. The zero-order valence-electron chi connectivity index (χ0n) is 19.0. The van der Waals surface area contributed by atoms with E-state index < -0.39 is 47.9 Å². The molecule has 3 amide bonds. The Labute approximate surface area is 197 Å². The smallest absolute Gasteiger partial charge is 0.326 e. The normalized spacial score (nSPS) is 14.5. The predicted octanol–water partition coefficient (Wildman–Crippen LogP) is -1.28. The van der Waals surface area contributed by atoms with Gasteiger partial charge in [-0.3, -0.25) is 14.4 Å². The minimum Gasteiger partial charge on any atom is -0.480 e. The molecule has 13 heteroatoms. The van der Waals surface area contributed by atoms with E-state index in [1.165, 1.54) is 19.4 Å². The maximum atomic E-state index is 12.8. The molecule has 12 nitrogen and oxygen atoms in total. The van der Waals surface area contributed by atoms with Crippen LogP contribution in [0.2, 0.25) is 0 Å². The van der Waals surface area contributed by atoms with Crippen LogP contribution in [0.4, 0.5) is 0 Å². The summed E-state index contributed by atoms with van der Waals surface area (Å²) in [5.74, 6) is -2.18. The molecule has 4 unspecified atom stereocenters. The maximum absolute atomic E-state index is 12.8. The van der Waals surface area contributed by atoms with Gasteiger partial charge < -0.3 is 37.5 Å². The Morgan fingerprint density at radius 1 is 1.09 bits per heavy atom. The molecule has 0 aliphatic heterocycles. The van der Waals surface area contributed by atoms with Crippen LogP contribution < -0.4 is 27.4 Å². The third kappa shape index (κ3) is 10.7. The van der Waals surface area contributed by atoms with Crippen LogP contribution in [-0.4, -0.2) is 81.5 Å². The van der Waals surface area contributed by atoms with Gasteiger partial charge in [0.15, 0.2) is 0 Å². The number of imidazole rings is 1. The highest BCUT2D eigenvalue weighted by atomic mass is 32.2. The molecule has 1 aromatic heterocycles. The van der Waals surface area contributed by atoms with Crippen molar-refractivity contribution >= 4 is 35.5 Å². The van der Waals surface area contributed by atoms with E-state index in [0.29, 0.717) is 43.7 Å². The van der Waals surface area contributed by atoms with Crippen molar-refractivity contribution in [2.75, 3.05) is 18.6 Å². The second-order valence-corrected chi connectivity index (χ2v) is 8.63. The lowest BCUT2D eigenvalue weighted by molar-refractivity contribution is -0.142. The van der Waals surface area contributed by atoms with Crippen molar-refractivity contribution in [3.05, 3.63) is 18.2 Å². The number of unbranched alkanes of at least 4 members (excludes halogenated alkanes) is 1. The van der Waals surface area contributed by atoms with Crippen molar-refractivity contribution in [1.82, 2.24) is 25.9 Å². The van der Waals surface area contributed by atoms with E-state index in [0.717, 1.165) is 0 Å². The molecule has 0 aliphatic rings. The van der Waals surface area contributed by atoms with Crippen LogP contribution in [0, 0.1) is 0 Å². The highest BCUT2D eigenvalue weighted by Gasteiger charge is 2.28. The van der Waals surface area contributed by atoms with Crippen molar-refractivity contribution in [1.29, 1.82) is 0 Å². The minimum atomic E-state index is -1.22. The molecule has 33 heavy (non-hydrogen) atoms. The number of carbonyl (C=O) groups is 4. The number of nitrogens with zero attached hydrogens (tertiary/aromatic N) is 1. The van der Waals surface area contributed by atoms with Gasteiger partial charge in [0.2, 0.25) is 17.7 Å². The van der Waals surface area contributed by atoms with E-state index in [-0.39, 0.29) is 6.42 Å². The number of H-pyrrole nitrogens is 1. The van der Waals surface area contributed by atoms with Crippen molar-refractivity contribution in [3.63, 3.8) is 0 Å². The number of aliphatic carboxylic acids is 1. The summed E-state index contributed by atoms with van der Waals surface area (Å²) in [5, 5.41) is 17.0. The van der Waals surface area contributed by atoms with E-state index in [4.69, 9.17) is 11.5 Å². The van der Waals surface area contributed by atoms with Gasteiger partial charge in [-0.25, -0.2) is 9.78 Å². The average molecular weight is 486 g/mol. The number of thioether (sulfide) groups is 1. The predicted molar refractivity (Wildman–Crippen MR) is 125 cm³/mol. The SMILES string of the molecule is CSCCC(N)C(=O)NC(CCCCN)C(=O)NC(C)C(=O)NC(Cc1cnc[nH]1)C(=O)O. The summed E-state index contributed by atoms with van der Waals surface area (Å²) in [6, 6.07) is -3.87. The van der Waals surface area contributed by atoms with Crippen LogP contribution in [0.3, 0.4) is 0 Å². The third-order valence-electron chi connectivity index (χ3n) is 4.90. The van der Waals surface area contributed by atoms with Gasteiger partial charge in [0, 0.05) is 18.3 Å². The molecule has 0 bridgehead atoms. The van der Waals surface area contributed by atoms with Crippen molar-refractivity contribution in [2.24, 2.45) is 11.5 Å². The van der Waals surface area contributed by atoms with Gasteiger partial charge in [0.1, 0.15) is 18.1 Å².